The Kier molecular flexibility index (Phi) is 6.14. The molecule has 0 unspecified atom stereocenters. The summed E-state index contributed by atoms with van der Waals surface area (Å²) in [6.07, 6.45) is 10.5. The zero-order chi connectivity index (χ0) is 17.4. The molecule has 0 fully saturated rings. The van der Waals surface area contributed by atoms with E-state index in [0.717, 1.165) is 5.56 Å². The van der Waals surface area contributed by atoms with E-state index in [-0.39, 0.29) is 11.1 Å². The second kappa shape index (κ2) is 8.53. The van der Waals surface area contributed by atoms with E-state index in [2.05, 4.69) is 0 Å². The van der Waals surface area contributed by atoms with E-state index in [4.69, 9.17) is 9.47 Å². The molecule has 0 spiro atoms. The maximum Gasteiger partial charge on any atom is 0.340 e. The van der Waals surface area contributed by atoms with Crippen molar-refractivity contribution < 1.29 is 19.1 Å². The molecule has 124 valence electrons. The van der Waals surface area contributed by atoms with E-state index in [1.165, 1.54) is 14.2 Å². The van der Waals surface area contributed by atoms with Crippen molar-refractivity contribution in [2.45, 2.75) is 0 Å². The second-order valence-electron chi connectivity index (χ2n) is 4.96. The third-order valence-corrected chi connectivity index (χ3v) is 3.37. The minimum Gasteiger partial charge on any atom is -0.465 e. The van der Waals surface area contributed by atoms with Crippen molar-refractivity contribution in [3.63, 3.8) is 0 Å². The highest BCUT2D eigenvalue weighted by atomic mass is 16.5. The Labute approximate surface area is 141 Å². The first-order valence-corrected chi connectivity index (χ1v) is 7.40. The van der Waals surface area contributed by atoms with E-state index in [9.17, 15) is 9.59 Å². The van der Waals surface area contributed by atoms with Crippen molar-refractivity contribution in [2.75, 3.05) is 20.8 Å². The molecule has 1 aliphatic heterocycles. The summed E-state index contributed by atoms with van der Waals surface area (Å²) in [4.78, 5) is 25.8. The molecule has 0 saturated heterocycles. The van der Waals surface area contributed by atoms with E-state index in [0.29, 0.717) is 6.54 Å². The van der Waals surface area contributed by atoms with Gasteiger partial charge in [0.25, 0.3) is 0 Å². The van der Waals surface area contributed by atoms with Gasteiger partial charge in [-0.15, -0.1) is 0 Å². The summed E-state index contributed by atoms with van der Waals surface area (Å²) in [5.74, 6) is -1.19. The van der Waals surface area contributed by atoms with Gasteiger partial charge < -0.3 is 14.4 Å². The lowest BCUT2D eigenvalue weighted by atomic mass is 10.1. The molecule has 1 heterocycles. The topological polar surface area (TPSA) is 55.8 Å². The van der Waals surface area contributed by atoms with Crippen LogP contribution in [0.4, 0.5) is 0 Å². The van der Waals surface area contributed by atoms with Crippen molar-refractivity contribution in [3.8, 4) is 0 Å². The van der Waals surface area contributed by atoms with Crippen LogP contribution in [-0.4, -0.2) is 37.6 Å². The summed E-state index contributed by atoms with van der Waals surface area (Å²) in [6.45, 7) is 0.550. The lowest BCUT2D eigenvalue weighted by Gasteiger charge is -2.18. The number of rotatable bonds is 4. The summed E-state index contributed by atoms with van der Waals surface area (Å²) < 4.78 is 9.54. The average molecular weight is 325 g/mol. The smallest absolute Gasteiger partial charge is 0.340 e. The highest BCUT2D eigenvalue weighted by Gasteiger charge is 2.23. The molecule has 0 aromatic heterocycles. The molecule has 2 rings (SSSR count). The summed E-state index contributed by atoms with van der Waals surface area (Å²) in [7, 11) is 2.55. The van der Waals surface area contributed by atoms with Crippen LogP contribution in [0.2, 0.25) is 0 Å². The number of hydrogen-bond acceptors (Lipinski definition) is 5. The molecular formula is C19H19NO4. The summed E-state index contributed by atoms with van der Waals surface area (Å²) in [5, 5.41) is 0. The van der Waals surface area contributed by atoms with Crippen LogP contribution in [0.15, 0.2) is 72.1 Å². The minimum atomic E-state index is -0.597. The molecule has 0 aliphatic carbocycles. The van der Waals surface area contributed by atoms with Gasteiger partial charge in [0, 0.05) is 18.9 Å². The Bertz CT molecular complexity index is 714. The maximum absolute atomic E-state index is 12.1. The van der Waals surface area contributed by atoms with Crippen LogP contribution < -0.4 is 0 Å². The van der Waals surface area contributed by atoms with Crippen LogP contribution >= 0.6 is 0 Å². The van der Waals surface area contributed by atoms with Crippen molar-refractivity contribution in [1.29, 1.82) is 0 Å². The Morgan fingerprint density at radius 3 is 2.38 bits per heavy atom. The fourth-order valence-corrected chi connectivity index (χ4v) is 2.14. The average Bonchev–Trinajstić information content (AvgIpc) is 2.61. The Hall–Kier alpha value is -3.08. The van der Waals surface area contributed by atoms with Gasteiger partial charge in [0.15, 0.2) is 0 Å². The number of hydrogen-bond donors (Lipinski definition) is 0. The number of nitrogens with zero attached hydrogens (tertiary/aromatic N) is 1. The minimum absolute atomic E-state index is 0.145. The number of methoxy groups -OCH3 is 2. The Balaban J connectivity index is 2.36. The summed E-state index contributed by atoms with van der Waals surface area (Å²) >= 11 is 0. The van der Waals surface area contributed by atoms with Gasteiger partial charge in [0.1, 0.15) is 0 Å². The van der Waals surface area contributed by atoms with Crippen molar-refractivity contribution >= 4 is 18.0 Å². The maximum atomic E-state index is 12.1. The Morgan fingerprint density at radius 1 is 1.04 bits per heavy atom. The Morgan fingerprint density at radius 2 is 1.71 bits per heavy atom. The van der Waals surface area contributed by atoms with Crippen LogP contribution in [-0.2, 0) is 19.1 Å². The highest BCUT2D eigenvalue weighted by Crippen LogP contribution is 2.18. The van der Waals surface area contributed by atoms with Gasteiger partial charge in [-0.3, -0.25) is 0 Å². The van der Waals surface area contributed by atoms with Crippen LogP contribution in [0.5, 0.6) is 0 Å². The molecule has 5 heteroatoms. The van der Waals surface area contributed by atoms with E-state index in [1.807, 2.05) is 48.7 Å². The first kappa shape index (κ1) is 17.3. The monoisotopic (exact) mass is 325 g/mol. The number of esters is 2. The second-order valence-corrected chi connectivity index (χ2v) is 4.96. The lowest BCUT2D eigenvalue weighted by Crippen LogP contribution is -2.20. The van der Waals surface area contributed by atoms with Crippen LogP contribution in [0.25, 0.3) is 6.08 Å². The molecule has 0 saturated carbocycles. The summed E-state index contributed by atoms with van der Waals surface area (Å²) in [6, 6.07) is 9.78. The zero-order valence-corrected chi connectivity index (χ0v) is 13.6. The quantitative estimate of drug-likeness (QED) is 0.797. The zero-order valence-electron chi connectivity index (χ0n) is 13.6. The molecular weight excluding hydrogens is 306 g/mol. The third-order valence-electron chi connectivity index (χ3n) is 3.37. The van der Waals surface area contributed by atoms with Gasteiger partial charge in [0.2, 0.25) is 0 Å². The van der Waals surface area contributed by atoms with Gasteiger partial charge >= 0.3 is 11.9 Å². The van der Waals surface area contributed by atoms with Gasteiger partial charge in [-0.1, -0.05) is 42.5 Å². The fourth-order valence-electron chi connectivity index (χ4n) is 2.14. The van der Waals surface area contributed by atoms with Crippen LogP contribution in [0, 0.1) is 0 Å². The first-order chi connectivity index (χ1) is 11.7. The number of ether oxygens (including phenoxy) is 2. The number of carbonyl (C=O) groups excluding carboxylic acids is 2. The van der Waals surface area contributed by atoms with Crippen LogP contribution in [0.1, 0.15) is 5.56 Å². The summed E-state index contributed by atoms with van der Waals surface area (Å²) in [5.41, 5.74) is 1.32. The number of benzene rings is 1. The molecule has 0 amide bonds. The lowest BCUT2D eigenvalue weighted by molar-refractivity contribution is -0.139. The molecule has 0 radical (unpaired) electrons. The van der Waals surface area contributed by atoms with Crippen molar-refractivity contribution in [2.24, 2.45) is 0 Å². The number of allylic oxidation sites excluding steroid dienone is 2. The van der Waals surface area contributed by atoms with Gasteiger partial charge in [-0.2, -0.15) is 0 Å². The molecule has 5 nitrogen and oxygen atoms in total. The molecule has 1 aromatic rings. The van der Waals surface area contributed by atoms with E-state index in [1.54, 1.807) is 23.3 Å². The van der Waals surface area contributed by atoms with E-state index < -0.39 is 11.9 Å². The third kappa shape index (κ3) is 4.46. The predicted molar refractivity (Wildman–Crippen MR) is 91.5 cm³/mol. The number of carbonyl (C=O) groups is 2. The van der Waals surface area contributed by atoms with Gasteiger partial charge in [0.05, 0.1) is 25.4 Å². The largest absolute Gasteiger partial charge is 0.465 e. The van der Waals surface area contributed by atoms with Crippen molar-refractivity contribution in [1.82, 2.24) is 4.90 Å². The fraction of sp³-hybridized carbons (Fsp3) is 0.158. The molecule has 0 N–H and O–H groups in total. The molecule has 0 atom stereocenters. The molecule has 24 heavy (non-hydrogen) atoms. The first-order valence-electron chi connectivity index (χ1n) is 7.40. The molecule has 1 aromatic carbocycles. The predicted octanol–water partition coefficient (Wildman–Crippen LogP) is 2.69. The highest BCUT2D eigenvalue weighted by molar-refractivity contribution is 6.07. The SMILES string of the molecule is COC(=O)C1=CC=CCN(C=Cc2ccccc2)C=C1C(=O)OC. The van der Waals surface area contributed by atoms with Crippen LogP contribution in [0.3, 0.4) is 0 Å². The normalized spacial score (nSPS) is 14.5. The molecule has 1 aliphatic rings. The van der Waals surface area contributed by atoms with Gasteiger partial charge in [-0.25, -0.2) is 9.59 Å². The van der Waals surface area contributed by atoms with Crippen molar-refractivity contribution in [3.05, 3.63) is 77.7 Å². The van der Waals surface area contributed by atoms with Gasteiger partial charge in [-0.05, 0) is 17.7 Å². The standard InChI is InChI=1S/C19H19NO4/c1-23-18(21)16-10-6-7-12-20(14-17(16)19(22)24-2)13-11-15-8-4-3-5-9-15/h3-11,13-14H,12H2,1-2H3. The molecule has 0 bridgehead atoms. The van der Waals surface area contributed by atoms with E-state index >= 15 is 0 Å².